The van der Waals surface area contributed by atoms with Crippen molar-refractivity contribution in [2.45, 2.75) is 0 Å². The third kappa shape index (κ3) is 2.96. The maximum Gasteiger partial charge on any atom is 0.263 e. The number of anilines is 2. The van der Waals surface area contributed by atoms with Gasteiger partial charge in [0.15, 0.2) is 0 Å². The van der Waals surface area contributed by atoms with Gasteiger partial charge in [-0.05, 0) is 7.05 Å². The molecule has 0 atom stereocenters. The summed E-state index contributed by atoms with van der Waals surface area (Å²) in [4.78, 5) is 28.8. The van der Waals surface area contributed by atoms with Crippen LogP contribution in [0.1, 0.15) is 20.0 Å². The van der Waals surface area contributed by atoms with E-state index in [4.69, 9.17) is 5.73 Å². The Kier molecular flexibility index (Phi) is 4.69. The van der Waals surface area contributed by atoms with E-state index in [1.807, 2.05) is 0 Å². The van der Waals surface area contributed by atoms with Gasteiger partial charge in [0.05, 0.1) is 11.3 Å². The van der Waals surface area contributed by atoms with Crippen molar-refractivity contribution in [3.8, 4) is 0 Å². The van der Waals surface area contributed by atoms with Crippen LogP contribution in [0.2, 0.25) is 0 Å². The number of thiophene rings is 1. The summed E-state index contributed by atoms with van der Waals surface area (Å²) in [6.45, 7) is 3.46. The predicted octanol–water partition coefficient (Wildman–Crippen LogP) is -0.199. The van der Waals surface area contributed by atoms with Crippen molar-refractivity contribution < 1.29 is 9.59 Å². The molecule has 1 saturated heterocycles. The van der Waals surface area contributed by atoms with Crippen LogP contribution in [-0.2, 0) is 0 Å². The van der Waals surface area contributed by atoms with E-state index in [1.54, 1.807) is 14.1 Å². The first-order chi connectivity index (χ1) is 9.99. The van der Waals surface area contributed by atoms with Crippen molar-refractivity contribution in [1.82, 2.24) is 15.5 Å². The first-order valence-electron chi connectivity index (χ1n) is 6.79. The van der Waals surface area contributed by atoms with E-state index in [2.05, 4.69) is 27.5 Å². The zero-order chi connectivity index (χ0) is 15.6. The second-order valence-corrected chi connectivity index (χ2v) is 5.97. The highest BCUT2D eigenvalue weighted by molar-refractivity contribution is 7.19. The Labute approximate surface area is 128 Å². The molecule has 0 bridgehead atoms. The highest BCUT2D eigenvalue weighted by Crippen LogP contribution is 2.38. The molecule has 1 aliphatic heterocycles. The Hall–Kier alpha value is -1.80. The lowest BCUT2D eigenvalue weighted by molar-refractivity contribution is 0.0962. The number of nitrogens with one attached hydrogen (secondary N) is 2. The average molecular weight is 311 g/mol. The van der Waals surface area contributed by atoms with Gasteiger partial charge in [-0.1, -0.05) is 0 Å². The van der Waals surface area contributed by atoms with Gasteiger partial charge < -0.3 is 26.2 Å². The van der Waals surface area contributed by atoms with Crippen LogP contribution < -0.4 is 21.3 Å². The van der Waals surface area contributed by atoms with E-state index in [0.717, 1.165) is 31.2 Å². The van der Waals surface area contributed by atoms with Crippen LogP contribution in [0, 0.1) is 0 Å². The highest BCUT2D eigenvalue weighted by atomic mass is 32.1. The van der Waals surface area contributed by atoms with Gasteiger partial charge in [-0.3, -0.25) is 9.59 Å². The summed E-state index contributed by atoms with van der Waals surface area (Å²) in [6.07, 6.45) is 0. The van der Waals surface area contributed by atoms with Crippen molar-refractivity contribution in [2.24, 2.45) is 0 Å². The third-order valence-electron chi connectivity index (χ3n) is 3.60. The minimum atomic E-state index is -0.261. The molecule has 1 aromatic heterocycles. The van der Waals surface area contributed by atoms with Gasteiger partial charge in [0.25, 0.3) is 11.8 Å². The highest BCUT2D eigenvalue weighted by Gasteiger charge is 2.28. The van der Waals surface area contributed by atoms with Crippen LogP contribution >= 0.6 is 11.3 Å². The van der Waals surface area contributed by atoms with E-state index >= 15 is 0 Å². The number of hydrogen-bond acceptors (Lipinski definition) is 6. The third-order valence-corrected chi connectivity index (χ3v) is 4.87. The summed E-state index contributed by atoms with van der Waals surface area (Å²) in [5.74, 6) is -0.518. The summed E-state index contributed by atoms with van der Waals surface area (Å²) in [5.41, 5.74) is 6.71. The first kappa shape index (κ1) is 15.6. The summed E-state index contributed by atoms with van der Waals surface area (Å²) in [6, 6.07) is 0. The topological polar surface area (TPSA) is 90.7 Å². The fraction of sp³-hybridized carbons (Fsp3) is 0.538. The van der Waals surface area contributed by atoms with E-state index in [0.29, 0.717) is 10.4 Å². The minimum absolute atomic E-state index is 0.257. The largest absolute Gasteiger partial charge is 0.397 e. The molecule has 7 nitrogen and oxygen atoms in total. The number of amides is 2. The van der Waals surface area contributed by atoms with Gasteiger partial charge in [-0.25, -0.2) is 0 Å². The van der Waals surface area contributed by atoms with E-state index in [9.17, 15) is 9.59 Å². The summed E-state index contributed by atoms with van der Waals surface area (Å²) in [5, 5.41) is 5.94. The molecular formula is C13H21N5O2S. The van der Waals surface area contributed by atoms with Crippen molar-refractivity contribution in [2.75, 3.05) is 58.0 Å². The SMILES string of the molecule is CNC(=O)c1sc(N2CCN(C)CC2)c(C(=O)NC)c1N. The van der Waals surface area contributed by atoms with Crippen LogP contribution in [-0.4, -0.2) is 64.0 Å². The number of hydrogen-bond donors (Lipinski definition) is 3. The van der Waals surface area contributed by atoms with Gasteiger partial charge in [0.1, 0.15) is 9.88 Å². The predicted molar refractivity (Wildman–Crippen MR) is 85.2 cm³/mol. The molecule has 0 aromatic carbocycles. The molecule has 8 heteroatoms. The molecule has 0 radical (unpaired) electrons. The summed E-state index contributed by atoms with van der Waals surface area (Å²) >= 11 is 1.28. The number of nitrogens with two attached hydrogens (primary N) is 1. The molecule has 2 heterocycles. The molecule has 0 aliphatic carbocycles. The zero-order valence-corrected chi connectivity index (χ0v) is 13.3. The van der Waals surface area contributed by atoms with Gasteiger partial charge in [0.2, 0.25) is 0 Å². The fourth-order valence-electron chi connectivity index (χ4n) is 2.29. The Bertz CT molecular complexity index is 549. The zero-order valence-electron chi connectivity index (χ0n) is 12.5. The second-order valence-electron chi connectivity index (χ2n) is 4.97. The first-order valence-corrected chi connectivity index (χ1v) is 7.61. The number of nitrogens with zero attached hydrogens (tertiary/aromatic N) is 2. The Morgan fingerprint density at radius 1 is 1.10 bits per heavy atom. The van der Waals surface area contributed by atoms with Crippen LogP contribution in [0.4, 0.5) is 10.7 Å². The van der Waals surface area contributed by atoms with Crippen molar-refractivity contribution in [3.63, 3.8) is 0 Å². The normalized spacial score (nSPS) is 15.9. The van der Waals surface area contributed by atoms with Crippen LogP contribution in [0.15, 0.2) is 0 Å². The molecule has 21 heavy (non-hydrogen) atoms. The quantitative estimate of drug-likeness (QED) is 0.719. The smallest absolute Gasteiger partial charge is 0.263 e. The summed E-state index contributed by atoms with van der Waals surface area (Å²) in [7, 11) is 5.18. The number of likely N-dealkylation sites (N-methyl/N-ethyl adjacent to an activating group) is 1. The number of carbonyl (C=O) groups is 2. The molecule has 0 spiro atoms. The van der Waals surface area contributed by atoms with E-state index in [1.165, 1.54) is 11.3 Å². The molecule has 116 valence electrons. The maximum atomic E-state index is 12.1. The molecule has 4 N–H and O–H groups in total. The Morgan fingerprint density at radius 3 is 2.19 bits per heavy atom. The fourth-order valence-corrected chi connectivity index (χ4v) is 3.51. The van der Waals surface area contributed by atoms with Gasteiger partial charge in [-0.15, -0.1) is 11.3 Å². The molecule has 2 amide bonds. The van der Waals surface area contributed by atoms with Crippen LogP contribution in [0.25, 0.3) is 0 Å². The standard InChI is InChI=1S/C13H21N5O2S/c1-15-11(19)8-9(14)10(12(20)16-2)21-13(8)18-6-4-17(3)5-7-18/h4-7,14H2,1-3H3,(H,15,19)(H,16,20). The Morgan fingerprint density at radius 2 is 1.67 bits per heavy atom. The molecule has 0 saturated carbocycles. The van der Waals surface area contributed by atoms with E-state index < -0.39 is 0 Å². The minimum Gasteiger partial charge on any atom is -0.397 e. The Balaban J connectivity index is 2.43. The number of carbonyl (C=O) groups excluding carboxylic acids is 2. The summed E-state index contributed by atoms with van der Waals surface area (Å²) < 4.78 is 0. The van der Waals surface area contributed by atoms with Crippen LogP contribution in [0.5, 0.6) is 0 Å². The molecule has 0 unspecified atom stereocenters. The molecule has 2 rings (SSSR count). The number of rotatable bonds is 3. The molecular weight excluding hydrogens is 290 g/mol. The molecule has 1 fully saturated rings. The second kappa shape index (κ2) is 6.31. The number of piperazine rings is 1. The number of nitrogen functional groups attached to an aromatic ring is 1. The van der Waals surface area contributed by atoms with Gasteiger partial charge in [-0.2, -0.15) is 0 Å². The average Bonchev–Trinajstić information content (AvgIpc) is 2.84. The lowest BCUT2D eigenvalue weighted by Gasteiger charge is -2.33. The molecule has 1 aliphatic rings. The van der Waals surface area contributed by atoms with Crippen LogP contribution in [0.3, 0.4) is 0 Å². The lowest BCUT2D eigenvalue weighted by Crippen LogP contribution is -2.44. The molecule has 1 aromatic rings. The maximum absolute atomic E-state index is 12.1. The van der Waals surface area contributed by atoms with Gasteiger partial charge >= 0.3 is 0 Å². The van der Waals surface area contributed by atoms with Crippen molar-refractivity contribution in [3.05, 3.63) is 10.4 Å². The van der Waals surface area contributed by atoms with Gasteiger partial charge in [0, 0.05) is 40.3 Å². The van der Waals surface area contributed by atoms with Crippen molar-refractivity contribution >= 4 is 33.8 Å². The van der Waals surface area contributed by atoms with Crippen molar-refractivity contribution in [1.29, 1.82) is 0 Å². The monoisotopic (exact) mass is 311 g/mol. The van der Waals surface area contributed by atoms with E-state index in [-0.39, 0.29) is 17.5 Å². The lowest BCUT2D eigenvalue weighted by atomic mass is 10.2.